The highest BCUT2D eigenvalue weighted by Gasteiger charge is 2.20. The number of nitrogens with zero attached hydrogens (tertiary/aromatic N) is 1. The van der Waals surface area contributed by atoms with Crippen molar-refractivity contribution in [1.82, 2.24) is 0 Å². The fourth-order valence-corrected chi connectivity index (χ4v) is 1.66. The maximum atomic E-state index is 10.8. The average molecular weight is 250 g/mol. The van der Waals surface area contributed by atoms with Crippen molar-refractivity contribution in [2.75, 3.05) is 0 Å². The Morgan fingerprint density at radius 1 is 1.50 bits per heavy atom. The van der Waals surface area contributed by atoms with E-state index >= 15 is 0 Å². The van der Waals surface area contributed by atoms with Crippen LogP contribution in [0.5, 0.6) is 0 Å². The van der Waals surface area contributed by atoms with Gasteiger partial charge in [0.1, 0.15) is 5.56 Å². The van der Waals surface area contributed by atoms with Gasteiger partial charge >= 0.3 is 5.97 Å². The standard InChI is InChI=1S/C12H14N2O4/c1-2-3-9(13)6-8-4-5-10(12(15)16)11(7-8)14(17)18/h4-5,7,13H,2-3,6H2,1H3,(H,15,16). The lowest BCUT2D eigenvalue weighted by Gasteiger charge is -2.04. The van der Waals surface area contributed by atoms with Crippen molar-refractivity contribution < 1.29 is 14.8 Å². The summed E-state index contributed by atoms with van der Waals surface area (Å²) in [5, 5.41) is 27.3. The van der Waals surface area contributed by atoms with E-state index in [0.717, 1.165) is 6.42 Å². The van der Waals surface area contributed by atoms with Crippen LogP contribution in [0.15, 0.2) is 18.2 Å². The SMILES string of the molecule is CCCC(=N)Cc1ccc(C(=O)O)c([N+](=O)[O-])c1. The molecule has 0 aliphatic heterocycles. The summed E-state index contributed by atoms with van der Waals surface area (Å²) in [7, 11) is 0. The number of carboxylic acid groups (broad SMARTS) is 1. The molecular formula is C12H14N2O4. The summed E-state index contributed by atoms with van der Waals surface area (Å²) >= 11 is 0. The first-order valence-corrected chi connectivity index (χ1v) is 5.52. The first kappa shape index (κ1) is 13.8. The molecule has 1 aromatic rings. The van der Waals surface area contributed by atoms with Crippen LogP contribution in [-0.4, -0.2) is 21.7 Å². The quantitative estimate of drug-likeness (QED) is 0.460. The Hall–Kier alpha value is -2.24. The molecule has 6 nitrogen and oxygen atoms in total. The van der Waals surface area contributed by atoms with Crippen LogP contribution in [-0.2, 0) is 6.42 Å². The number of nitro groups is 1. The minimum atomic E-state index is -1.32. The van der Waals surface area contributed by atoms with Crippen LogP contribution in [0.4, 0.5) is 5.69 Å². The molecule has 0 fully saturated rings. The molecule has 18 heavy (non-hydrogen) atoms. The normalized spacial score (nSPS) is 10.1. The highest BCUT2D eigenvalue weighted by molar-refractivity contribution is 5.93. The van der Waals surface area contributed by atoms with E-state index in [1.165, 1.54) is 18.2 Å². The fraction of sp³-hybridized carbons (Fsp3) is 0.333. The van der Waals surface area contributed by atoms with Gasteiger partial charge in [0.2, 0.25) is 0 Å². The molecule has 1 rings (SSSR count). The second-order valence-electron chi connectivity index (χ2n) is 3.94. The Balaban J connectivity index is 3.04. The molecule has 2 N–H and O–H groups in total. The van der Waals surface area contributed by atoms with Gasteiger partial charge in [-0.3, -0.25) is 10.1 Å². The van der Waals surface area contributed by atoms with Crippen LogP contribution < -0.4 is 0 Å². The number of rotatable bonds is 6. The molecule has 0 saturated heterocycles. The maximum Gasteiger partial charge on any atom is 0.342 e. The predicted molar refractivity (Wildman–Crippen MR) is 66.4 cm³/mol. The van der Waals surface area contributed by atoms with Crippen molar-refractivity contribution in [3.05, 3.63) is 39.4 Å². The smallest absolute Gasteiger partial charge is 0.342 e. The second kappa shape index (κ2) is 5.90. The van der Waals surface area contributed by atoms with Crippen molar-refractivity contribution in [2.45, 2.75) is 26.2 Å². The van der Waals surface area contributed by atoms with E-state index in [2.05, 4.69) is 0 Å². The molecular weight excluding hydrogens is 236 g/mol. The third kappa shape index (κ3) is 3.38. The Bertz CT molecular complexity index is 497. The lowest BCUT2D eigenvalue weighted by Crippen LogP contribution is -2.06. The van der Waals surface area contributed by atoms with Gasteiger partial charge in [-0.1, -0.05) is 19.4 Å². The summed E-state index contributed by atoms with van der Waals surface area (Å²) in [5.74, 6) is -1.32. The first-order valence-electron chi connectivity index (χ1n) is 5.52. The minimum Gasteiger partial charge on any atom is -0.477 e. The van der Waals surface area contributed by atoms with E-state index in [0.29, 0.717) is 24.1 Å². The van der Waals surface area contributed by atoms with Crippen LogP contribution in [0.2, 0.25) is 0 Å². The molecule has 0 aliphatic carbocycles. The number of carbonyl (C=O) groups is 1. The number of hydrogen-bond acceptors (Lipinski definition) is 4. The Kier molecular flexibility index (Phi) is 4.53. The summed E-state index contributed by atoms with van der Waals surface area (Å²) in [5.41, 5.74) is 0.315. The van der Waals surface area contributed by atoms with Crippen molar-refractivity contribution in [3.63, 3.8) is 0 Å². The van der Waals surface area contributed by atoms with E-state index in [1.54, 1.807) is 0 Å². The van der Waals surface area contributed by atoms with Crippen LogP contribution >= 0.6 is 0 Å². The Labute approximate surface area is 104 Å². The molecule has 0 amide bonds. The van der Waals surface area contributed by atoms with Gasteiger partial charge in [-0.25, -0.2) is 4.79 Å². The molecule has 6 heteroatoms. The molecule has 0 bridgehead atoms. The van der Waals surface area contributed by atoms with E-state index in [-0.39, 0.29) is 5.56 Å². The molecule has 0 heterocycles. The van der Waals surface area contributed by atoms with Crippen molar-refractivity contribution in [1.29, 1.82) is 5.41 Å². The molecule has 0 atom stereocenters. The van der Waals surface area contributed by atoms with E-state index < -0.39 is 16.6 Å². The molecule has 0 aromatic heterocycles. The number of nitro benzene ring substituents is 1. The summed E-state index contributed by atoms with van der Waals surface area (Å²) in [6.07, 6.45) is 1.79. The second-order valence-corrected chi connectivity index (χ2v) is 3.94. The van der Waals surface area contributed by atoms with Crippen LogP contribution in [0, 0.1) is 15.5 Å². The average Bonchev–Trinajstić information content (AvgIpc) is 2.28. The number of nitrogens with one attached hydrogen (secondary N) is 1. The minimum absolute atomic E-state index is 0.314. The third-order valence-electron chi connectivity index (χ3n) is 2.46. The highest BCUT2D eigenvalue weighted by Crippen LogP contribution is 2.21. The van der Waals surface area contributed by atoms with E-state index in [1.807, 2.05) is 6.92 Å². The van der Waals surface area contributed by atoms with Gasteiger partial charge in [0.15, 0.2) is 0 Å². The van der Waals surface area contributed by atoms with Crippen LogP contribution in [0.3, 0.4) is 0 Å². The molecule has 0 spiro atoms. The highest BCUT2D eigenvalue weighted by atomic mass is 16.6. The lowest BCUT2D eigenvalue weighted by atomic mass is 10.0. The van der Waals surface area contributed by atoms with Gasteiger partial charge in [-0.2, -0.15) is 0 Å². The van der Waals surface area contributed by atoms with Gasteiger partial charge in [0, 0.05) is 18.2 Å². The maximum absolute atomic E-state index is 10.8. The zero-order valence-electron chi connectivity index (χ0n) is 9.97. The summed E-state index contributed by atoms with van der Waals surface area (Å²) in [4.78, 5) is 20.9. The number of aromatic carboxylic acids is 1. The first-order chi connectivity index (χ1) is 8.45. The molecule has 1 aromatic carbocycles. The molecule has 0 radical (unpaired) electrons. The van der Waals surface area contributed by atoms with E-state index in [9.17, 15) is 14.9 Å². The van der Waals surface area contributed by atoms with Gasteiger partial charge in [0.25, 0.3) is 5.69 Å². The zero-order chi connectivity index (χ0) is 13.7. The summed E-state index contributed by atoms with van der Waals surface area (Å²) in [6.45, 7) is 1.95. The van der Waals surface area contributed by atoms with Crippen LogP contribution in [0.25, 0.3) is 0 Å². The Morgan fingerprint density at radius 3 is 2.67 bits per heavy atom. The molecule has 0 unspecified atom stereocenters. The number of hydrogen-bond donors (Lipinski definition) is 2. The van der Waals surface area contributed by atoms with Gasteiger partial charge < -0.3 is 10.5 Å². The van der Waals surface area contributed by atoms with Crippen molar-refractivity contribution in [3.8, 4) is 0 Å². The third-order valence-corrected chi connectivity index (χ3v) is 2.46. The molecule has 0 saturated carbocycles. The largest absolute Gasteiger partial charge is 0.477 e. The van der Waals surface area contributed by atoms with E-state index in [4.69, 9.17) is 10.5 Å². The lowest BCUT2D eigenvalue weighted by molar-refractivity contribution is -0.385. The molecule has 96 valence electrons. The van der Waals surface area contributed by atoms with Gasteiger partial charge in [-0.15, -0.1) is 0 Å². The Morgan fingerprint density at radius 2 is 2.17 bits per heavy atom. The predicted octanol–water partition coefficient (Wildman–Crippen LogP) is 2.66. The summed E-state index contributed by atoms with van der Waals surface area (Å²) in [6, 6.07) is 3.96. The topological polar surface area (TPSA) is 104 Å². The van der Waals surface area contributed by atoms with Gasteiger partial charge in [0.05, 0.1) is 4.92 Å². The van der Waals surface area contributed by atoms with Crippen LogP contribution in [0.1, 0.15) is 35.7 Å². The van der Waals surface area contributed by atoms with Crippen molar-refractivity contribution in [2.24, 2.45) is 0 Å². The number of carboxylic acids is 1. The molecule has 0 aliphatic rings. The fourth-order valence-electron chi connectivity index (χ4n) is 1.66. The zero-order valence-corrected chi connectivity index (χ0v) is 9.97. The number of benzene rings is 1. The van der Waals surface area contributed by atoms with Crippen molar-refractivity contribution >= 4 is 17.4 Å². The summed E-state index contributed by atoms with van der Waals surface area (Å²) < 4.78 is 0. The monoisotopic (exact) mass is 250 g/mol. The van der Waals surface area contributed by atoms with Gasteiger partial charge in [-0.05, 0) is 18.1 Å².